The Morgan fingerprint density at radius 3 is 2.79 bits per heavy atom. The molecule has 28 heavy (non-hydrogen) atoms. The van der Waals surface area contributed by atoms with E-state index in [1.807, 2.05) is 18.3 Å². The van der Waals surface area contributed by atoms with Gasteiger partial charge in [-0.15, -0.1) is 0 Å². The molecule has 3 rings (SSSR count). The molecule has 1 aliphatic heterocycles. The van der Waals surface area contributed by atoms with Crippen molar-refractivity contribution in [3.8, 4) is 0 Å². The highest BCUT2D eigenvalue weighted by atomic mass is 16.5. The zero-order valence-electron chi connectivity index (χ0n) is 16.6. The number of aliphatic imine (C=N–C) groups is 1. The van der Waals surface area contributed by atoms with Crippen LogP contribution in [0.25, 0.3) is 0 Å². The first-order valence-corrected chi connectivity index (χ1v) is 10.1. The summed E-state index contributed by atoms with van der Waals surface area (Å²) in [5.74, 6) is 0.987. The molecule has 1 N–H and O–H groups in total. The van der Waals surface area contributed by atoms with Gasteiger partial charge in [0, 0.05) is 70.7 Å². The molecule has 0 bridgehead atoms. The highest BCUT2D eigenvalue weighted by molar-refractivity contribution is 5.80. The number of piperazine rings is 1. The zero-order valence-corrected chi connectivity index (χ0v) is 16.6. The minimum Gasteiger partial charge on any atom is -0.364 e. The van der Waals surface area contributed by atoms with Gasteiger partial charge in [-0.1, -0.05) is 11.2 Å². The summed E-state index contributed by atoms with van der Waals surface area (Å²) < 4.78 is 6.66. The van der Waals surface area contributed by atoms with Gasteiger partial charge in [-0.2, -0.15) is 0 Å². The van der Waals surface area contributed by atoms with Crippen LogP contribution in [0.1, 0.15) is 25.5 Å². The van der Waals surface area contributed by atoms with Crippen LogP contribution in [-0.4, -0.2) is 64.8 Å². The second-order valence-electron chi connectivity index (χ2n) is 6.93. The normalized spacial score (nSPS) is 15.8. The maximum atomic E-state index is 11.7. The molecular formula is C20H30N6O2. The smallest absolute Gasteiger partial charge is 0.250 e. The Hall–Kier alpha value is -2.61. The lowest BCUT2D eigenvalue weighted by molar-refractivity contribution is 0.169. The molecule has 3 heterocycles. The monoisotopic (exact) mass is 386 g/mol. The van der Waals surface area contributed by atoms with Crippen LogP contribution in [0.2, 0.25) is 0 Å². The van der Waals surface area contributed by atoms with Gasteiger partial charge in [0.1, 0.15) is 6.26 Å². The van der Waals surface area contributed by atoms with Crippen molar-refractivity contribution < 1.29 is 4.52 Å². The molecular weight excluding hydrogens is 356 g/mol. The summed E-state index contributed by atoms with van der Waals surface area (Å²) in [5, 5.41) is 7.40. The topological polar surface area (TPSA) is 78.9 Å². The predicted octanol–water partition coefficient (Wildman–Crippen LogP) is 1.40. The minimum atomic E-state index is 0.0582. The Bertz CT molecular complexity index is 778. The molecule has 0 saturated carbocycles. The van der Waals surface area contributed by atoms with Crippen molar-refractivity contribution in [2.45, 2.75) is 32.9 Å². The number of nitrogens with one attached hydrogen (secondary N) is 1. The lowest BCUT2D eigenvalue weighted by Crippen LogP contribution is -2.52. The van der Waals surface area contributed by atoms with Crippen LogP contribution in [0.15, 0.2) is 51.0 Å². The van der Waals surface area contributed by atoms with E-state index in [9.17, 15) is 4.79 Å². The first-order chi connectivity index (χ1) is 13.8. The zero-order chi connectivity index (χ0) is 19.6. The van der Waals surface area contributed by atoms with Gasteiger partial charge >= 0.3 is 0 Å². The first kappa shape index (κ1) is 20.1. The number of rotatable bonds is 8. The summed E-state index contributed by atoms with van der Waals surface area (Å²) in [6.07, 6.45) is 5.37. The summed E-state index contributed by atoms with van der Waals surface area (Å²) in [6, 6.07) is 7.19. The standard InChI is InChI=1S/C20H30N6O2/c1-2-21-20(22-9-4-6-11-25-10-5-3-7-19(25)27)26-14-12-24(13-15-26)17-18-8-16-28-23-18/h3,5,7-8,10,16H,2,4,6,9,11-15,17H2,1H3,(H,21,22). The van der Waals surface area contributed by atoms with E-state index in [2.05, 4.69) is 27.2 Å². The third-order valence-electron chi connectivity index (χ3n) is 4.85. The van der Waals surface area contributed by atoms with E-state index < -0.39 is 0 Å². The van der Waals surface area contributed by atoms with Crippen molar-refractivity contribution in [3.63, 3.8) is 0 Å². The Balaban J connectivity index is 1.42. The Morgan fingerprint density at radius 1 is 1.21 bits per heavy atom. The highest BCUT2D eigenvalue weighted by Gasteiger charge is 2.20. The number of hydrogen-bond acceptors (Lipinski definition) is 5. The van der Waals surface area contributed by atoms with Crippen molar-refractivity contribution in [1.29, 1.82) is 0 Å². The fraction of sp³-hybridized carbons (Fsp3) is 0.550. The Kier molecular flexibility index (Phi) is 7.66. The molecule has 8 heteroatoms. The van der Waals surface area contributed by atoms with Gasteiger partial charge in [0.25, 0.3) is 0 Å². The lowest BCUT2D eigenvalue weighted by atomic mass is 10.3. The molecule has 0 spiro atoms. The lowest BCUT2D eigenvalue weighted by Gasteiger charge is -2.36. The van der Waals surface area contributed by atoms with E-state index in [-0.39, 0.29) is 5.56 Å². The van der Waals surface area contributed by atoms with Gasteiger partial charge in [-0.25, -0.2) is 0 Å². The number of aromatic nitrogens is 2. The summed E-state index contributed by atoms with van der Waals surface area (Å²) in [7, 11) is 0. The maximum absolute atomic E-state index is 11.7. The van der Waals surface area contributed by atoms with Crippen LogP contribution in [-0.2, 0) is 13.1 Å². The number of hydrogen-bond donors (Lipinski definition) is 1. The molecule has 1 fully saturated rings. The van der Waals surface area contributed by atoms with Crippen molar-refractivity contribution in [2.24, 2.45) is 4.99 Å². The van der Waals surface area contributed by atoms with E-state index in [0.29, 0.717) is 0 Å². The molecule has 152 valence electrons. The second kappa shape index (κ2) is 10.7. The molecule has 1 aliphatic rings. The van der Waals surface area contributed by atoms with E-state index in [1.165, 1.54) is 0 Å². The molecule has 2 aromatic heterocycles. The van der Waals surface area contributed by atoms with Crippen molar-refractivity contribution in [3.05, 3.63) is 52.8 Å². The van der Waals surface area contributed by atoms with Crippen LogP contribution >= 0.6 is 0 Å². The van der Waals surface area contributed by atoms with Gasteiger partial charge in [0.05, 0.1) is 5.69 Å². The summed E-state index contributed by atoms with van der Waals surface area (Å²) in [4.78, 5) is 21.2. The molecule has 2 aromatic rings. The molecule has 0 aliphatic carbocycles. The van der Waals surface area contributed by atoms with Gasteiger partial charge < -0.3 is 19.3 Å². The molecule has 0 unspecified atom stereocenters. The fourth-order valence-electron chi connectivity index (χ4n) is 3.32. The van der Waals surface area contributed by atoms with Gasteiger partial charge in [0.15, 0.2) is 5.96 Å². The van der Waals surface area contributed by atoms with Crippen LogP contribution in [0, 0.1) is 0 Å². The Labute approximate surface area is 165 Å². The third-order valence-corrected chi connectivity index (χ3v) is 4.85. The molecule has 0 radical (unpaired) electrons. The predicted molar refractivity (Wildman–Crippen MR) is 109 cm³/mol. The minimum absolute atomic E-state index is 0.0582. The van der Waals surface area contributed by atoms with Gasteiger partial charge in [0.2, 0.25) is 5.56 Å². The average Bonchev–Trinajstić information content (AvgIpc) is 3.22. The van der Waals surface area contributed by atoms with Gasteiger partial charge in [-0.05, 0) is 25.8 Å². The molecule has 8 nitrogen and oxygen atoms in total. The van der Waals surface area contributed by atoms with E-state index in [1.54, 1.807) is 23.0 Å². The number of nitrogens with zero attached hydrogens (tertiary/aromatic N) is 5. The Morgan fingerprint density at radius 2 is 2.07 bits per heavy atom. The quantitative estimate of drug-likeness (QED) is 0.420. The van der Waals surface area contributed by atoms with Crippen LogP contribution in [0.5, 0.6) is 0 Å². The molecule has 1 saturated heterocycles. The number of guanidine groups is 1. The van der Waals surface area contributed by atoms with Crippen LogP contribution in [0.4, 0.5) is 0 Å². The van der Waals surface area contributed by atoms with Gasteiger partial charge in [-0.3, -0.25) is 14.7 Å². The van der Waals surface area contributed by atoms with E-state index in [4.69, 9.17) is 9.52 Å². The second-order valence-corrected chi connectivity index (χ2v) is 6.93. The average molecular weight is 387 g/mol. The van der Waals surface area contributed by atoms with E-state index in [0.717, 1.165) is 76.9 Å². The summed E-state index contributed by atoms with van der Waals surface area (Å²) in [6.45, 7) is 9.15. The third kappa shape index (κ3) is 5.95. The van der Waals surface area contributed by atoms with Crippen molar-refractivity contribution in [1.82, 2.24) is 24.8 Å². The van der Waals surface area contributed by atoms with Crippen LogP contribution in [0.3, 0.4) is 0 Å². The molecule has 0 aromatic carbocycles. The summed E-state index contributed by atoms with van der Waals surface area (Å²) in [5.41, 5.74) is 1.04. The SMILES string of the molecule is CCNC(=NCCCCn1ccccc1=O)N1CCN(Cc2ccon2)CC1. The maximum Gasteiger partial charge on any atom is 0.250 e. The number of pyridine rings is 1. The molecule has 0 amide bonds. The first-order valence-electron chi connectivity index (χ1n) is 10.1. The van der Waals surface area contributed by atoms with Crippen molar-refractivity contribution >= 4 is 5.96 Å². The number of unbranched alkanes of at least 4 members (excludes halogenated alkanes) is 1. The summed E-state index contributed by atoms with van der Waals surface area (Å²) >= 11 is 0. The number of aryl methyl sites for hydroxylation is 1. The van der Waals surface area contributed by atoms with Crippen LogP contribution < -0.4 is 10.9 Å². The fourth-order valence-corrected chi connectivity index (χ4v) is 3.32. The van der Waals surface area contributed by atoms with E-state index >= 15 is 0 Å². The largest absolute Gasteiger partial charge is 0.364 e. The van der Waals surface area contributed by atoms with Crippen molar-refractivity contribution in [2.75, 3.05) is 39.3 Å². The molecule has 0 atom stereocenters. The highest BCUT2D eigenvalue weighted by Crippen LogP contribution is 2.07.